The molecule has 2 aliphatic heterocycles. The first-order valence-corrected chi connectivity index (χ1v) is 10.3. The highest BCUT2D eigenvalue weighted by Crippen LogP contribution is 2.52. The predicted octanol–water partition coefficient (Wildman–Crippen LogP) is 4.33. The smallest absolute Gasteiger partial charge is 0.105 e. The van der Waals surface area contributed by atoms with Crippen LogP contribution in [0.1, 0.15) is 55.1 Å². The first kappa shape index (κ1) is 17.9. The Balaban J connectivity index is 1.70. The van der Waals surface area contributed by atoms with Crippen LogP contribution in [-0.2, 0) is 18.6 Å². The van der Waals surface area contributed by atoms with Crippen molar-refractivity contribution in [2.24, 2.45) is 0 Å². The topological polar surface area (TPSA) is 41.3 Å². The molecule has 5 rings (SSSR count). The maximum Gasteiger partial charge on any atom is 0.105 e. The van der Waals surface area contributed by atoms with Gasteiger partial charge in [0.05, 0.1) is 6.54 Å². The van der Waals surface area contributed by atoms with Crippen molar-refractivity contribution in [3.63, 3.8) is 0 Å². The number of aliphatic hydroxyl groups is 1. The summed E-state index contributed by atoms with van der Waals surface area (Å²) in [5.41, 5.74) is 5.61. The number of pyridine rings is 1. The molecule has 1 N–H and O–H groups in total. The van der Waals surface area contributed by atoms with Crippen molar-refractivity contribution in [3.05, 3.63) is 65.1 Å². The molecule has 3 aromatic rings. The normalized spacial score (nSPS) is 26.4. The van der Waals surface area contributed by atoms with Gasteiger partial charge in [0.15, 0.2) is 0 Å². The van der Waals surface area contributed by atoms with Crippen molar-refractivity contribution in [2.45, 2.75) is 63.8 Å². The van der Waals surface area contributed by atoms with Crippen LogP contribution in [0.2, 0.25) is 0 Å². The first-order valence-electron chi connectivity index (χ1n) is 10.3. The Hall–Kier alpha value is -2.17. The minimum Gasteiger partial charge on any atom is -0.384 e. The lowest BCUT2D eigenvalue weighted by Gasteiger charge is -2.41. The van der Waals surface area contributed by atoms with E-state index in [-0.39, 0.29) is 5.54 Å². The zero-order valence-electron chi connectivity index (χ0n) is 17.2. The molecule has 28 heavy (non-hydrogen) atoms. The second-order valence-electron chi connectivity index (χ2n) is 9.32. The van der Waals surface area contributed by atoms with E-state index in [1.807, 2.05) is 19.1 Å². The van der Waals surface area contributed by atoms with Crippen LogP contribution < -0.4 is 0 Å². The Bertz CT molecular complexity index is 1050. The fourth-order valence-corrected chi connectivity index (χ4v) is 5.51. The standard InChI is InChI=1S/C24H29N3O/c1-16-5-6-19-18(13-16)22-20-7-10-23(2,26(20)4)14-21(22)27(19)15-24(3,28)17-8-11-25-12-9-17/h5-6,8-9,11-13,20,28H,7,10,14-15H2,1-4H3. The van der Waals surface area contributed by atoms with Crippen LogP contribution >= 0.6 is 0 Å². The second-order valence-corrected chi connectivity index (χ2v) is 9.32. The highest BCUT2D eigenvalue weighted by atomic mass is 16.3. The van der Waals surface area contributed by atoms with E-state index in [0.717, 1.165) is 12.0 Å². The van der Waals surface area contributed by atoms with Crippen LogP contribution in [0.4, 0.5) is 0 Å². The van der Waals surface area contributed by atoms with Gasteiger partial charge in [-0.2, -0.15) is 0 Å². The summed E-state index contributed by atoms with van der Waals surface area (Å²) in [4.78, 5) is 6.69. The molecule has 0 radical (unpaired) electrons. The van der Waals surface area contributed by atoms with Crippen LogP contribution in [0.5, 0.6) is 0 Å². The Labute approximate surface area is 166 Å². The maximum atomic E-state index is 11.4. The summed E-state index contributed by atoms with van der Waals surface area (Å²) in [6.07, 6.45) is 7.00. The van der Waals surface area contributed by atoms with Gasteiger partial charge in [0.25, 0.3) is 0 Å². The molecule has 0 amide bonds. The molecule has 3 unspecified atom stereocenters. The summed E-state index contributed by atoms with van der Waals surface area (Å²) in [6.45, 7) is 7.03. The number of benzene rings is 1. The van der Waals surface area contributed by atoms with E-state index in [1.165, 1.54) is 40.6 Å². The molecule has 1 fully saturated rings. The van der Waals surface area contributed by atoms with Crippen LogP contribution in [0.15, 0.2) is 42.7 Å². The zero-order chi connectivity index (χ0) is 19.7. The van der Waals surface area contributed by atoms with Gasteiger partial charge in [0.2, 0.25) is 0 Å². The molecule has 1 saturated heterocycles. The van der Waals surface area contributed by atoms with Gasteiger partial charge < -0.3 is 9.67 Å². The lowest BCUT2D eigenvalue weighted by molar-refractivity contribution is 0.0372. The highest BCUT2D eigenvalue weighted by Gasteiger charge is 2.48. The van der Waals surface area contributed by atoms with Gasteiger partial charge in [-0.25, -0.2) is 0 Å². The van der Waals surface area contributed by atoms with Crippen molar-refractivity contribution in [2.75, 3.05) is 7.05 Å². The fraction of sp³-hybridized carbons (Fsp3) is 0.458. The number of hydrogen-bond donors (Lipinski definition) is 1. The SMILES string of the molecule is Cc1ccc2c(c1)c1c(n2CC(C)(O)c2ccncc2)CC2(C)CCC1N2C. The van der Waals surface area contributed by atoms with Crippen molar-refractivity contribution < 1.29 is 5.11 Å². The summed E-state index contributed by atoms with van der Waals surface area (Å²) in [5.74, 6) is 0. The molecule has 4 heteroatoms. The van der Waals surface area contributed by atoms with Gasteiger partial charge >= 0.3 is 0 Å². The minimum atomic E-state index is -0.948. The van der Waals surface area contributed by atoms with Gasteiger partial charge in [0.1, 0.15) is 5.60 Å². The zero-order valence-corrected chi connectivity index (χ0v) is 17.2. The maximum absolute atomic E-state index is 11.4. The van der Waals surface area contributed by atoms with Gasteiger partial charge in [0, 0.05) is 47.0 Å². The lowest BCUT2D eigenvalue weighted by Crippen LogP contribution is -2.45. The molecule has 4 nitrogen and oxygen atoms in total. The third-order valence-electron chi connectivity index (χ3n) is 7.29. The van der Waals surface area contributed by atoms with Gasteiger partial charge in [-0.05, 0) is 76.1 Å². The molecule has 146 valence electrons. The molecular weight excluding hydrogens is 346 g/mol. The lowest BCUT2D eigenvalue weighted by atomic mass is 9.89. The molecule has 3 atom stereocenters. The molecule has 1 aromatic carbocycles. The van der Waals surface area contributed by atoms with E-state index in [2.05, 4.69) is 53.5 Å². The van der Waals surface area contributed by atoms with Crippen LogP contribution in [-0.4, -0.2) is 32.1 Å². The Kier molecular flexibility index (Phi) is 3.78. The van der Waals surface area contributed by atoms with Crippen molar-refractivity contribution in [3.8, 4) is 0 Å². The predicted molar refractivity (Wildman–Crippen MR) is 112 cm³/mol. The number of aromatic nitrogens is 2. The second kappa shape index (κ2) is 5.91. The van der Waals surface area contributed by atoms with E-state index >= 15 is 0 Å². The molecule has 4 heterocycles. The Morgan fingerprint density at radius 3 is 2.75 bits per heavy atom. The quantitative estimate of drug-likeness (QED) is 0.741. The van der Waals surface area contributed by atoms with E-state index in [1.54, 1.807) is 12.4 Å². The highest BCUT2D eigenvalue weighted by molar-refractivity contribution is 5.87. The van der Waals surface area contributed by atoms with Crippen LogP contribution in [0, 0.1) is 6.92 Å². The Morgan fingerprint density at radius 1 is 1.25 bits per heavy atom. The van der Waals surface area contributed by atoms with E-state index in [4.69, 9.17) is 0 Å². The molecule has 2 aromatic heterocycles. The van der Waals surface area contributed by atoms with Gasteiger partial charge in [-0.15, -0.1) is 0 Å². The van der Waals surface area contributed by atoms with E-state index in [9.17, 15) is 5.11 Å². The van der Waals surface area contributed by atoms with Crippen LogP contribution in [0.25, 0.3) is 10.9 Å². The fourth-order valence-electron chi connectivity index (χ4n) is 5.51. The number of nitrogens with zero attached hydrogens (tertiary/aromatic N) is 3. The number of aryl methyl sites for hydroxylation is 1. The van der Waals surface area contributed by atoms with Crippen LogP contribution in [0.3, 0.4) is 0 Å². The summed E-state index contributed by atoms with van der Waals surface area (Å²) < 4.78 is 2.40. The molecule has 0 saturated carbocycles. The molecule has 2 aliphatic rings. The number of hydrogen-bond acceptors (Lipinski definition) is 3. The number of likely N-dealkylation sites (N-methyl/N-ethyl adjacent to an activating group) is 1. The molecule has 2 bridgehead atoms. The monoisotopic (exact) mass is 375 g/mol. The number of rotatable bonds is 3. The minimum absolute atomic E-state index is 0.210. The van der Waals surface area contributed by atoms with Crippen molar-refractivity contribution >= 4 is 10.9 Å². The Morgan fingerprint density at radius 2 is 2.00 bits per heavy atom. The summed E-state index contributed by atoms with van der Waals surface area (Å²) in [5, 5.41) is 12.7. The largest absolute Gasteiger partial charge is 0.384 e. The third kappa shape index (κ3) is 2.48. The third-order valence-corrected chi connectivity index (χ3v) is 7.29. The summed E-state index contributed by atoms with van der Waals surface area (Å²) in [6, 6.07) is 11.1. The van der Waals surface area contributed by atoms with Crippen molar-refractivity contribution in [1.29, 1.82) is 0 Å². The summed E-state index contributed by atoms with van der Waals surface area (Å²) in [7, 11) is 2.28. The molecule has 0 aliphatic carbocycles. The van der Waals surface area contributed by atoms with Gasteiger partial charge in [-0.1, -0.05) is 11.6 Å². The average molecular weight is 376 g/mol. The summed E-state index contributed by atoms with van der Waals surface area (Å²) >= 11 is 0. The number of fused-ring (bicyclic) bond motifs is 6. The molecule has 0 spiro atoms. The van der Waals surface area contributed by atoms with E-state index in [0.29, 0.717) is 12.6 Å². The van der Waals surface area contributed by atoms with Gasteiger partial charge in [-0.3, -0.25) is 9.88 Å². The molecular formula is C24H29N3O. The average Bonchev–Trinajstić information content (AvgIpc) is 3.03. The van der Waals surface area contributed by atoms with E-state index < -0.39 is 5.60 Å². The first-order chi connectivity index (χ1) is 13.3. The van der Waals surface area contributed by atoms with Crippen molar-refractivity contribution in [1.82, 2.24) is 14.5 Å².